The SMILES string of the molecule is O=C(O)CCN1CC2(CCN(C(=O)OCC3c4ccccc4-c4ccccc43)CC2)CS1(=O)=O. The van der Waals surface area contributed by atoms with Crippen LogP contribution in [0.1, 0.15) is 36.3 Å². The van der Waals surface area contributed by atoms with Crippen molar-refractivity contribution in [3.05, 3.63) is 59.7 Å². The predicted molar refractivity (Wildman–Crippen MR) is 126 cm³/mol. The van der Waals surface area contributed by atoms with Crippen molar-refractivity contribution >= 4 is 22.1 Å². The fourth-order valence-electron chi connectivity index (χ4n) is 5.59. The number of nitrogens with zero attached hydrogens (tertiary/aromatic N) is 2. The first-order valence-corrected chi connectivity index (χ1v) is 13.2. The van der Waals surface area contributed by atoms with E-state index < -0.39 is 21.4 Å². The first-order chi connectivity index (χ1) is 16.3. The normalized spacial score (nSPS) is 20.8. The van der Waals surface area contributed by atoms with Crippen LogP contribution < -0.4 is 0 Å². The molecule has 1 amide bonds. The van der Waals surface area contributed by atoms with Crippen molar-refractivity contribution in [1.82, 2.24) is 9.21 Å². The van der Waals surface area contributed by atoms with Crippen LogP contribution in [0.4, 0.5) is 4.79 Å². The Hall–Kier alpha value is -2.91. The van der Waals surface area contributed by atoms with Crippen LogP contribution in [0.15, 0.2) is 48.5 Å². The second-order valence-electron chi connectivity index (χ2n) is 9.52. The third-order valence-corrected chi connectivity index (χ3v) is 9.46. The number of benzene rings is 2. The Labute approximate surface area is 199 Å². The van der Waals surface area contributed by atoms with Crippen LogP contribution in [0.2, 0.25) is 0 Å². The van der Waals surface area contributed by atoms with Gasteiger partial charge in [0.05, 0.1) is 12.2 Å². The summed E-state index contributed by atoms with van der Waals surface area (Å²) >= 11 is 0. The van der Waals surface area contributed by atoms with Gasteiger partial charge in [-0.25, -0.2) is 17.5 Å². The zero-order chi connectivity index (χ0) is 23.9. The number of carboxylic acid groups (broad SMARTS) is 1. The van der Waals surface area contributed by atoms with Gasteiger partial charge in [0, 0.05) is 37.5 Å². The molecule has 1 spiro atoms. The fraction of sp³-hybridized carbons (Fsp3) is 0.440. The topological polar surface area (TPSA) is 104 Å². The summed E-state index contributed by atoms with van der Waals surface area (Å²) in [6, 6.07) is 16.4. The third-order valence-electron chi connectivity index (χ3n) is 7.39. The molecule has 2 fully saturated rings. The van der Waals surface area contributed by atoms with E-state index in [1.165, 1.54) is 15.4 Å². The standard InChI is InChI=1S/C25H28N2O6S/c28-23(29)9-12-27-16-25(17-34(27,31)32)10-13-26(14-11-25)24(30)33-15-22-20-7-3-1-5-18(20)19-6-2-4-8-21(19)22/h1-8,22H,9-17H2,(H,28,29). The van der Waals surface area contributed by atoms with Gasteiger partial charge in [-0.3, -0.25) is 4.79 Å². The van der Waals surface area contributed by atoms with Gasteiger partial charge in [0.1, 0.15) is 6.61 Å². The molecular formula is C25H28N2O6S. The predicted octanol–water partition coefficient (Wildman–Crippen LogP) is 3.14. The molecule has 5 rings (SSSR count). The number of fused-ring (bicyclic) bond motifs is 3. The Morgan fingerprint density at radius 3 is 2.18 bits per heavy atom. The van der Waals surface area contributed by atoms with Gasteiger partial charge < -0.3 is 14.7 Å². The number of carboxylic acids is 1. The van der Waals surface area contributed by atoms with Crippen LogP contribution in [0.25, 0.3) is 11.1 Å². The number of piperidine rings is 1. The Morgan fingerprint density at radius 2 is 1.59 bits per heavy atom. The average molecular weight is 485 g/mol. The summed E-state index contributed by atoms with van der Waals surface area (Å²) in [7, 11) is -3.47. The van der Waals surface area contributed by atoms with Gasteiger partial charge in [0.25, 0.3) is 0 Å². The highest BCUT2D eigenvalue weighted by molar-refractivity contribution is 7.89. The average Bonchev–Trinajstić information content (AvgIpc) is 3.27. The molecule has 3 aliphatic rings. The van der Waals surface area contributed by atoms with Crippen molar-refractivity contribution in [2.45, 2.75) is 25.2 Å². The Morgan fingerprint density at radius 1 is 1.00 bits per heavy atom. The maximum absolute atomic E-state index is 12.9. The number of likely N-dealkylation sites (tertiary alicyclic amines) is 1. The number of hydrogen-bond donors (Lipinski definition) is 1. The molecule has 0 bridgehead atoms. The number of ether oxygens (including phenoxy) is 1. The van der Waals surface area contributed by atoms with E-state index in [0.717, 1.165) is 11.1 Å². The summed E-state index contributed by atoms with van der Waals surface area (Å²) in [6.45, 7) is 1.43. The van der Waals surface area contributed by atoms with E-state index in [1.54, 1.807) is 4.90 Å². The third kappa shape index (κ3) is 4.18. The molecule has 1 aliphatic carbocycles. The Balaban J connectivity index is 1.20. The number of carbonyl (C=O) groups is 2. The Kier molecular flexibility index (Phi) is 5.85. The second-order valence-corrected chi connectivity index (χ2v) is 11.5. The molecule has 0 atom stereocenters. The van der Waals surface area contributed by atoms with Crippen molar-refractivity contribution in [3.63, 3.8) is 0 Å². The summed E-state index contributed by atoms with van der Waals surface area (Å²) in [5.41, 5.74) is 4.23. The number of aliphatic carboxylic acids is 1. The van der Waals surface area contributed by atoms with Gasteiger partial charge in [-0.1, -0.05) is 48.5 Å². The van der Waals surface area contributed by atoms with E-state index in [2.05, 4.69) is 24.3 Å². The molecule has 2 aromatic rings. The number of rotatable bonds is 5. The van der Waals surface area contributed by atoms with E-state index in [1.807, 2.05) is 24.3 Å². The minimum atomic E-state index is -3.47. The number of sulfonamides is 1. The van der Waals surface area contributed by atoms with Crippen molar-refractivity contribution < 1.29 is 27.9 Å². The number of carbonyl (C=O) groups excluding carboxylic acids is 1. The van der Waals surface area contributed by atoms with Crippen molar-refractivity contribution in [2.24, 2.45) is 5.41 Å². The zero-order valence-electron chi connectivity index (χ0n) is 18.9. The van der Waals surface area contributed by atoms with E-state index in [-0.39, 0.29) is 37.3 Å². The van der Waals surface area contributed by atoms with Gasteiger partial charge in [0.2, 0.25) is 10.0 Å². The van der Waals surface area contributed by atoms with Crippen LogP contribution >= 0.6 is 0 Å². The van der Waals surface area contributed by atoms with Gasteiger partial charge in [-0.05, 0) is 35.1 Å². The van der Waals surface area contributed by atoms with Crippen LogP contribution in [-0.2, 0) is 19.6 Å². The minimum Gasteiger partial charge on any atom is -0.481 e. The van der Waals surface area contributed by atoms with Crippen molar-refractivity contribution in [1.29, 1.82) is 0 Å². The lowest BCUT2D eigenvalue weighted by Gasteiger charge is -2.37. The smallest absolute Gasteiger partial charge is 0.409 e. The molecule has 34 heavy (non-hydrogen) atoms. The molecule has 2 saturated heterocycles. The summed E-state index contributed by atoms with van der Waals surface area (Å²) < 4.78 is 32.1. The quantitative estimate of drug-likeness (QED) is 0.699. The second kappa shape index (κ2) is 8.70. The lowest BCUT2D eigenvalue weighted by Crippen LogP contribution is -2.45. The van der Waals surface area contributed by atoms with E-state index in [9.17, 15) is 18.0 Å². The first kappa shape index (κ1) is 22.9. The van der Waals surface area contributed by atoms with Crippen molar-refractivity contribution in [2.75, 3.05) is 38.5 Å². The first-order valence-electron chi connectivity index (χ1n) is 11.6. The summed E-state index contributed by atoms with van der Waals surface area (Å²) in [5.74, 6) is -1.01. The maximum Gasteiger partial charge on any atom is 0.409 e. The molecule has 0 saturated carbocycles. The molecule has 180 valence electrons. The minimum absolute atomic E-state index is 0.00440. The molecule has 0 aromatic heterocycles. The van der Waals surface area contributed by atoms with Crippen LogP contribution in [0, 0.1) is 5.41 Å². The van der Waals surface area contributed by atoms with E-state index in [4.69, 9.17) is 9.84 Å². The summed E-state index contributed by atoms with van der Waals surface area (Å²) in [4.78, 5) is 25.4. The highest BCUT2D eigenvalue weighted by atomic mass is 32.2. The zero-order valence-corrected chi connectivity index (χ0v) is 19.7. The lowest BCUT2D eigenvalue weighted by molar-refractivity contribution is -0.137. The van der Waals surface area contributed by atoms with Crippen LogP contribution in [0.5, 0.6) is 0 Å². The molecule has 9 heteroatoms. The monoisotopic (exact) mass is 484 g/mol. The van der Waals surface area contributed by atoms with Gasteiger partial charge in [0.15, 0.2) is 0 Å². The van der Waals surface area contributed by atoms with E-state index >= 15 is 0 Å². The molecule has 1 N–H and O–H groups in total. The lowest BCUT2D eigenvalue weighted by atomic mass is 9.80. The maximum atomic E-state index is 12.9. The van der Waals surface area contributed by atoms with E-state index in [0.29, 0.717) is 32.5 Å². The largest absolute Gasteiger partial charge is 0.481 e. The summed E-state index contributed by atoms with van der Waals surface area (Å²) in [5, 5.41) is 8.90. The highest BCUT2D eigenvalue weighted by Gasteiger charge is 2.49. The Bertz CT molecular complexity index is 1170. The summed E-state index contributed by atoms with van der Waals surface area (Å²) in [6.07, 6.45) is 0.529. The fourth-order valence-corrected chi connectivity index (χ4v) is 7.76. The molecule has 2 heterocycles. The molecule has 2 aliphatic heterocycles. The highest BCUT2D eigenvalue weighted by Crippen LogP contribution is 2.45. The van der Waals surface area contributed by atoms with Crippen LogP contribution in [-0.4, -0.2) is 73.3 Å². The number of amides is 1. The molecule has 0 radical (unpaired) electrons. The van der Waals surface area contributed by atoms with Gasteiger partial charge >= 0.3 is 12.1 Å². The molecule has 2 aromatic carbocycles. The van der Waals surface area contributed by atoms with Gasteiger partial charge in [-0.15, -0.1) is 0 Å². The number of hydrogen-bond acceptors (Lipinski definition) is 5. The van der Waals surface area contributed by atoms with Gasteiger partial charge in [-0.2, -0.15) is 0 Å². The molecule has 8 nitrogen and oxygen atoms in total. The molecular weight excluding hydrogens is 456 g/mol. The molecule has 0 unspecified atom stereocenters. The van der Waals surface area contributed by atoms with Crippen molar-refractivity contribution in [3.8, 4) is 11.1 Å². The van der Waals surface area contributed by atoms with Crippen LogP contribution in [0.3, 0.4) is 0 Å².